The second-order valence-corrected chi connectivity index (χ2v) is 6.72. The fourth-order valence-electron chi connectivity index (χ4n) is 3.14. The predicted molar refractivity (Wildman–Crippen MR) is 108 cm³/mol. The molecule has 0 spiro atoms. The molecule has 0 saturated carbocycles. The van der Waals surface area contributed by atoms with E-state index in [2.05, 4.69) is 9.88 Å². The van der Waals surface area contributed by atoms with Crippen LogP contribution in [0, 0.1) is 5.82 Å². The summed E-state index contributed by atoms with van der Waals surface area (Å²) in [7, 11) is 1.64. The summed E-state index contributed by atoms with van der Waals surface area (Å²) in [6.45, 7) is 1.80. The molecule has 1 N–H and O–H groups in total. The highest BCUT2D eigenvalue weighted by molar-refractivity contribution is 5.85. The molecule has 0 unspecified atom stereocenters. The van der Waals surface area contributed by atoms with Gasteiger partial charge in [0.15, 0.2) is 0 Å². The van der Waals surface area contributed by atoms with Crippen molar-refractivity contribution in [3.63, 3.8) is 0 Å². The van der Waals surface area contributed by atoms with Gasteiger partial charge < -0.3 is 9.84 Å². The first kappa shape index (κ1) is 20.5. The van der Waals surface area contributed by atoms with Crippen LogP contribution in [-0.2, 0) is 19.5 Å². The van der Waals surface area contributed by atoms with Crippen molar-refractivity contribution in [2.24, 2.45) is 0 Å². The fraction of sp³-hybridized carbons (Fsp3) is 0.217. The molecule has 1 heterocycles. The maximum atomic E-state index is 13.2. The van der Waals surface area contributed by atoms with Crippen molar-refractivity contribution in [2.75, 3.05) is 13.7 Å². The molecule has 0 bridgehead atoms. The van der Waals surface area contributed by atoms with E-state index in [-0.39, 0.29) is 11.5 Å². The highest BCUT2D eigenvalue weighted by Gasteiger charge is 2.13. The number of hydrogen-bond acceptors (Lipinski definition) is 4. The van der Waals surface area contributed by atoms with Gasteiger partial charge in [0.2, 0.25) is 0 Å². The van der Waals surface area contributed by atoms with Gasteiger partial charge in [0.25, 0.3) is 0 Å². The molecule has 0 saturated heterocycles. The minimum atomic E-state index is -1.05. The lowest BCUT2D eigenvalue weighted by Crippen LogP contribution is -2.26. The molecule has 0 radical (unpaired) electrons. The Morgan fingerprint density at radius 2 is 1.79 bits per heavy atom. The molecule has 0 fully saturated rings. The molecule has 6 heteroatoms. The Labute approximate surface area is 169 Å². The molecule has 3 rings (SSSR count). The monoisotopic (exact) mass is 394 g/mol. The average molecular weight is 394 g/mol. The quantitative estimate of drug-likeness (QED) is 0.590. The van der Waals surface area contributed by atoms with Gasteiger partial charge in [0.05, 0.1) is 12.8 Å². The largest absolute Gasteiger partial charge is 0.496 e. The Morgan fingerprint density at radius 3 is 2.52 bits per heavy atom. The van der Waals surface area contributed by atoms with Gasteiger partial charge in [0, 0.05) is 25.2 Å². The van der Waals surface area contributed by atoms with Crippen LogP contribution < -0.4 is 4.74 Å². The van der Waals surface area contributed by atoms with Gasteiger partial charge in [-0.3, -0.25) is 4.90 Å². The molecule has 0 aliphatic heterocycles. The van der Waals surface area contributed by atoms with Gasteiger partial charge in [-0.05, 0) is 42.3 Å². The minimum Gasteiger partial charge on any atom is -0.496 e. The fourth-order valence-corrected chi connectivity index (χ4v) is 3.14. The summed E-state index contributed by atoms with van der Waals surface area (Å²) >= 11 is 0. The number of para-hydroxylation sites is 1. The normalized spacial score (nSPS) is 10.9. The number of halogens is 1. The summed E-state index contributed by atoms with van der Waals surface area (Å²) in [5.74, 6) is -0.504. The van der Waals surface area contributed by atoms with Crippen molar-refractivity contribution < 1.29 is 19.0 Å². The summed E-state index contributed by atoms with van der Waals surface area (Å²) in [6, 6.07) is 19.3. The summed E-state index contributed by atoms with van der Waals surface area (Å²) < 4.78 is 18.6. The van der Waals surface area contributed by atoms with Crippen molar-refractivity contribution >= 4 is 5.97 Å². The van der Waals surface area contributed by atoms with Gasteiger partial charge in [-0.2, -0.15) is 0 Å². The van der Waals surface area contributed by atoms with Crippen LogP contribution in [-0.4, -0.2) is 34.6 Å². The number of methoxy groups -OCH3 is 1. The number of benzene rings is 2. The van der Waals surface area contributed by atoms with Crippen LogP contribution in [0.5, 0.6) is 5.75 Å². The molecular weight excluding hydrogens is 371 g/mol. The lowest BCUT2D eigenvalue weighted by atomic mass is 10.1. The van der Waals surface area contributed by atoms with E-state index in [4.69, 9.17) is 4.74 Å². The minimum absolute atomic E-state index is 0.0262. The maximum absolute atomic E-state index is 13.2. The van der Waals surface area contributed by atoms with Crippen molar-refractivity contribution in [1.82, 2.24) is 9.88 Å². The SMILES string of the molecule is COc1ccccc1CN(CCc1ccc(F)cc1)Cc1cccc(C(=O)O)n1. The van der Waals surface area contributed by atoms with E-state index in [0.29, 0.717) is 25.3 Å². The third kappa shape index (κ3) is 5.86. The Balaban J connectivity index is 1.79. The number of carbonyl (C=O) groups is 1. The number of carboxylic acids is 1. The van der Waals surface area contributed by atoms with E-state index < -0.39 is 5.97 Å². The number of hydrogen-bond donors (Lipinski definition) is 1. The number of ether oxygens (including phenoxy) is 1. The molecule has 0 aliphatic rings. The molecule has 2 aromatic carbocycles. The zero-order valence-electron chi connectivity index (χ0n) is 16.2. The van der Waals surface area contributed by atoms with Crippen LogP contribution in [0.25, 0.3) is 0 Å². The molecule has 150 valence electrons. The topological polar surface area (TPSA) is 62.7 Å². The highest BCUT2D eigenvalue weighted by atomic mass is 19.1. The summed E-state index contributed by atoms with van der Waals surface area (Å²) in [4.78, 5) is 17.6. The molecule has 29 heavy (non-hydrogen) atoms. The third-order valence-corrected chi connectivity index (χ3v) is 4.63. The zero-order valence-corrected chi connectivity index (χ0v) is 16.2. The maximum Gasteiger partial charge on any atom is 0.354 e. The van der Waals surface area contributed by atoms with Crippen LogP contribution in [0.1, 0.15) is 27.3 Å². The van der Waals surface area contributed by atoms with E-state index in [1.807, 2.05) is 30.3 Å². The van der Waals surface area contributed by atoms with Gasteiger partial charge in [-0.1, -0.05) is 36.4 Å². The molecular formula is C23H23FN2O3. The lowest BCUT2D eigenvalue weighted by Gasteiger charge is -2.23. The number of carboxylic acid groups (broad SMARTS) is 1. The Kier molecular flexibility index (Phi) is 6.92. The van der Waals surface area contributed by atoms with Gasteiger partial charge in [0.1, 0.15) is 17.3 Å². The van der Waals surface area contributed by atoms with E-state index in [1.165, 1.54) is 18.2 Å². The third-order valence-electron chi connectivity index (χ3n) is 4.63. The molecule has 0 atom stereocenters. The number of aromatic carboxylic acids is 1. The number of pyridine rings is 1. The first-order valence-electron chi connectivity index (χ1n) is 9.33. The van der Waals surface area contributed by atoms with Crippen LogP contribution in [0.3, 0.4) is 0 Å². The summed E-state index contributed by atoms with van der Waals surface area (Å²) in [5.41, 5.74) is 2.77. The van der Waals surface area contributed by atoms with Crippen molar-refractivity contribution in [1.29, 1.82) is 0 Å². The second-order valence-electron chi connectivity index (χ2n) is 6.72. The molecule has 1 aromatic heterocycles. The smallest absolute Gasteiger partial charge is 0.354 e. The van der Waals surface area contributed by atoms with E-state index in [0.717, 1.165) is 23.3 Å². The lowest BCUT2D eigenvalue weighted by molar-refractivity contribution is 0.0690. The second kappa shape index (κ2) is 9.80. The highest BCUT2D eigenvalue weighted by Crippen LogP contribution is 2.20. The van der Waals surface area contributed by atoms with Gasteiger partial charge >= 0.3 is 5.97 Å². The Morgan fingerprint density at radius 1 is 1.03 bits per heavy atom. The average Bonchev–Trinajstić information content (AvgIpc) is 2.73. The number of nitrogens with zero attached hydrogens (tertiary/aromatic N) is 2. The van der Waals surface area contributed by atoms with Crippen molar-refractivity contribution in [3.8, 4) is 5.75 Å². The van der Waals surface area contributed by atoms with Crippen LogP contribution >= 0.6 is 0 Å². The number of aromatic nitrogens is 1. The van der Waals surface area contributed by atoms with Crippen LogP contribution in [0.15, 0.2) is 66.7 Å². The van der Waals surface area contributed by atoms with E-state index >= 15 is 0 Å². The van der Waals surface area contributed by atoms with Crippen molar-refractivity contribution in [3.05, 3.63) is 95.1 Å². The summed E-state index contributed by atoms with van der Waals surface area (Å²) in [6.07, 6.45) is 0.730. The summed E-state index contributed by atoms with van der Waals surface area (Å²) in [5, 5.41) is 9.20. The number of rotatable bonds is 9. The molecule has 3 aromatic rings. The molecule has 0 aliphatic carbocycles. The predicted octanol–water partition coefficient (Wildman–Crippen LogP) is 4.17. The zero-order chi connectivity index (χ0) is 20.6. The van der Waals surface area contributed by atoms with Crippen molar-refractivity contribution in [2.45, 2.75) is 19.5 Å². The van der Waals surface area contributed by atoms with E-state index in [9.17, 15) is 14.3 Å². The standard InChI is InChI=1S/C23H23FN2O3/c1-29-22-8-3-2-5-18(22)15-26(14-13-17-9-11-19(24)12-10-17)16-20-6-4-7-21(25-20)23(27)28/h2-12H,13-16H2,1H3,(H,27,28). The Hall–Kier alpha value is -3.25. The van der Waals surface area contributed by atoms with Gasteiger partial charge in [-0.25, -0.2) is 14.2 Å². The van der Waals surface area contributed by atoms with Crippen LogP contribution in [0.4, 0.5) is 4.39 Å². The molecule has 0 amide bonds. The first-order chi connectivity index (χ1) is 14.0. The first-order valence-corrected chi connectivity index (χ1v) is 9.33. The molecule has 5 nitrogen and oxygen atoms in total. The Bertz CT molecular complexity index is 960. The van der Waals surface area contributed by atoms with Crippen LogP contribution in [0.2, 0.25) is 0 Å². The van der Waals surface area contributed by atoms with Gasteiger partial charge in [-0.15, -0.1) is 0 Å². The van der Waals surface area contributed by atoms with E-state index in [1.54, 1.807) is 25.3 Å².